The summed E-state index contributed by atoms with van der Waals surface area (Å²) in [5.41, 5.74) is -4.16. The van der Waals surface area contributed by atoms with Gasteiger partial charge in [-0.25, -0.2) is 42.1 Å². The molecule has 0 radical (unpaired) electrons. The Morgan fingerprint density at radius 3 is 1.87 bits per heavy atom. The first-order valence-corrected chi connectivity index (χ1v) is 24.8. The number of aromatic nitrogens is 4. The van der Waals surface area contributed by atoms with Crippen molar-refractivity contribution in [2.45, 2.75) is 121 Å². The van der Waals surface area contributed by atoms with Crippen LogP contribution in [0.1, 0.15) is 51.7 Å². The van der Waals surface area contributed by atoms with E-state index in [4.69, 9.17) is 4.74 Å². The Labute approximate surface area is 446 Å². The lowest BCUT2D eigenvalue weighted by Crippen LogP contribution is -2.63. The second kappa shape index (κ2) is 23.9. The minimum atomic E-state index is -5.27. The van der Waals surface area contributed by atoms with E-state index in [9.17, 15) is 64.5 Å². The van der Waals surface area contributed by atoms with Crippen molar-refractivity contribution in [3.63, 3.8) is 0 Å². The molecule has 29 heteroatoms. The highest BCUT2D eigenvalue weighted by Crippen LogP contribution is 2.42. The minimum Gasteiger partial charge on any atom is -0.465 e. The third-order valence-electron chi connectivity index (χ3n) is 14.6. The molecular weight excluding hydrogens is 1070 g/mol. The van der Waals surface area contributed by atoms with Crippen LogP contribution >= 0.6 is 0 Å². The van der Waals surface area contributed by atoms with Crippen LogP contribution in [0.25, 0.3) is 22.4 Å². The SMILES string of the molecule is COC(=O)N[C@H](C(=O)N[C@@H](Cc1ccc(-c2ccn(CC(F)F)n2)cc1)[C@@H](O)CN(Cc1c(F)cc(-c2cnc(N3CC4CCC(C3)N4C3COC3)nc2)cc1F)NC(=O)[C@@H](NC(=O)O)C(C)(C)C(F)(F)F)C(C)(C)C(F)(F)F. The molecule has 0 aliphatic carbocycles. The summed E-state index contributed by atoms with van der Waals surface area (Å²) in [6.45, 7) is 1.82. The molecule has 432 valence electrons. The maximum absolute atomic E-state index is 16.4. The number of aliphatic hydroxyl groups excluding tert-OH is 1. The predicted octanol–water partition coefficient (Wildman–Crippen LogP) is 6.06. The zero-order valence-electron chi connectivity index (χ0n) is 43.2. The van der Waals surface area contributed by atoms with E-state index >= 15 is 8.78 Å². The van der Waals surface area contributed by atoms with Gasteiger partial charge in [0, 0.05) is 73.5 Å². The van der Waals surface area contributed by atoms with Gasteiger partial charge in [0.25, 0.3) is 12.3 Å². The van der Waals surface area contributed by atoms with E-state index in [1.165, 1.54) is 54.2 Å². The van der Waals surface area contributed by atoms with Crippen LogP contribution in [0.5, 0.6) is 0 Å². The van der Waals surface area contributed by atoms with Crippen molar-refractivity contribution in [3.05, 3.63) is 83.8 Å². The fourth-order valence-electron chi connectivity index (χ4n) is 9.71. The van der Waals surface area contributed by atoms with Crippen LogP contribution in [0.4, 0.5) is 59.4 Å². The summed E-state index contributed by atoms with van der Waals surface area (Å²) in [6.07, 6.45) is -13.4. The number of hydrogen-bond donors (Lipinski definition) is 6. The molecule has 2 aromatic carbocycles. The zero-order valence-corrected chi connectivity index (χ0v) is 43.2. The average molecular weight is 1130 g/mol. The van der Waals surface area contributed by atoms with Crippen molar-refractivity contribution in [3.8, 4) is 22.4 Å². The molecule has 2 unspecified atom stereocenters. The number of aliphatic hydroxyl groups is 1. The van der Waals surface area contributed by atoms with Crippen molar-refractivity contribution >= 4 is 29.9 Å². The van der Waals surface area contributed by atoms with E-state index in [0.29, 0.717) is 76.6 Å². The average Bonchev–Trinajstić information content (AvgIpc) is 3.98. The second-order valence-electron chi connectivity index (χ2n) is 20.8. The van der Waals surface area contributed by atoms with Crippen LogP contribution in [0, 0.1) is 22.5 Å². The second-order valence-corrected chi connectivity index (χ2v) is 20.8. The number of nitrogens with zero attached hydrogens (tertiary/aromatic N) is 7. The number of carboxylic acid groups (broad SMARTS) is 1. The van der Waals surface area contributed by atoms with Gasteiger partial charge in [0.2, 0.25) is 11.9 Å². The standard InChI is InChI=1S/C50H59F10N11O8/c1-47(2,49(55,56)57)40(65-46(77)78-5)42(73)63-37(14-26-6-8-27(9-7-26)36-12-13-69(66-36)23-39(53)54)38(72)22-70(67-43(74)41(64-45(75)76)48(3,4)50(58,59)60)21-33-34(51)15-28(16-35(33)52)29-17-61-44(62-18-29)68-19-30-10-11-31(20-68)71(30)32-24-79-25-32/h6-9,12-13,15-18,30-32,37-41,64,72H,10-11,14,19-25H2,1-5H3,(H,63,73)(H,65,77)(H,67,74)(H,75,76)/t30?,31?,37-,38-,40+,41+/m0/s1. The summed E-state index contributed by atoms with van der Waals surface area (Å²) in [4.78, 5) is 65.6. The zero-order chi connectivity index (χ0) is 57.9. The van der Waals surface area contributed by atoms with Gasteiger partial charge in [0.15, 0.2) is 0 Å². The van der Waals surface area contributed by atoms with Crippen molar-refractivity contribution in [2.75, 3.05) is 44.9 Å². The molecule has 3 aliphatic heterocycles. The highest BCUT2D eigenvalue weighted by Gasteiger charge is 2.57. The fraction of sp³-hybridized carbons (Fsp3) is 0.540. The molecule has 79 heavy (non-hydrogen) atoms. The van der Waals surface area contributed by atoms with Gasteiger partial charge in [-0.15, -0.1) is 0 Å². The molecule has 3 aliphatic rings. The maximum Gasteiger partial charge on any atom is 0.407 e. The normalized spacial score (nSPS) is 18.9. The van der Waals surface area contributed by atoms with Crippen molar-refractivity contribution in [1.82, 2.24) is 51.0 Å². The molecule has 5 heterocycles. The largest absolute Gasteiger partial charge is 0.465 e. The van der Waals surface area contributed by atoms with E-state index < -0.39 is 121 Å². The lowest BCUT2D eigenvalue weighted by molar-refractivity contribution is -0.221. The maximum atomic E-state index is 16.4. The highest BCUT2D eigenvalue weighted by molar-refractivity contribution is 5.87. The topological polar surface area (TPSA) is 229 Å². The predicted molar refractivity (Wildman–Crippen MR) is 261 cm³/mol. The Hall–Kier alpha value is -6.85. The lowest BCUT2D eigenvalue weighted by Gasteiger charge is -2.47. The Bertz CT molecular complexity index is 2760. The monoisotopic (exact) mass is 1130 g/mol. The minimum absolute atomic E-state index is 0.0688. The number of carbonyl (C=O) groups is 4. The summed E-state index contributed by atoms with van der Waals surface area (Å²) in [7, 11) is 0.808. The van der Waals surface area contributed by atoms with Gasteiger partial charge >= 0.3 is 24.5 Å². The van der Waals surface area contributed by atoms with Gasteiger partial charge in [0.1, 0.15) is 30.3 Å². The number of rotatable bonds is 21. The molecule has 2 bridgehead atoms. The van der Waals surface area contributed by atoms with Gasteiger partial charge in [-0.2, -0.15) is 31.4 Å². The Morgan fingerprint density at radius 2 is 1.37 bits per heavy atom. The van der Waals surface area contributed by atoms with Crippen LogP contribution in [-0.2, 0) is 38.6 Å². The Balaban J connectivity index is 1.20. The third-order valence-corrected chi connectivity index (χ3v) is 14.6. The Kier molecular flexibility index (Phi) is 18.1. The summed E-state index contributed by atoms with van der Waals surface area (Å²) < 4.78 is 157. The molecule has 2 aromatic heterocycles. The van der Waals surface area contributed by atoms with E-state index in [1.807, 2.05) is 15.6 Å². The van der Waals surface area contributed by atoms with Crippen LogP contribution in [0.15, 0.2) is 61.1 Å². The molecule has 7 rings (SSSR count). The molecule has 6 atom stereocenters. The number of hydrogen-bond acceptors (Lipinski definition) is 13. The first kappa shape index (κ1) is 59.8. The summed E-state index contributed by atoms with van der Waals surface area (Å²) in [6, 6.07) is 2.81. The summed E-state index contributed by atoms with van der Waals surface area (Å²) >= 11 is 0. The number of piperazine rings is 1. The molecule has 19 nitrogen and oxygen atoms in total. The molecule has 0 saturated carbocycles. The summed E-state index contributed by atoms with van der Waals surface area (Å²) in [5.74, 6) is -5.53. The molecule has 0 spiro atoms. The van der Waals surface area contributed by atoms with Crippen LogP contribution in [0.3, 0.4) is 0 Å². The van der Waals surface area contributed by atoms with E-state index in [2.05, 4.69) is 30.0 Å². The number of alkyl carbamates (subject to hydrolysis) is 1. The number of alkyl halides is 8. The van der Waals surface area contributed by atoms with Crippen LogP contribution in [-0.4, -0.2) is 165 Å². The quantitative estimate of drug-likeness (QED) is 0.0412. The number of nitrogens with one attached hydrogen (secondary N) is 4. The van der Waals surface area contributed by atoms with Gasteiger partial charge in [0.05, 0.1) is 55.0 Å². The van der Waals surface area contributed by atoms with Gasteiger partial charge in [-0.3, -0.25) is 24.6 Å². The number of halogens is 10. The molecule has 3 fully saturated rings. The van der Waals surface area contributed by atoms with E-state index in [-0.39, 0.29) is 34.5 Å². The third kappa shape index (κ3) is 13.8. The lowest BCUT2D eigenvalue weighted by atomic mass is 9.82. The number of anilines is 1. The number of methoxy groups -OCH3 is 1. The first-order chi connectivity index (χ1) is 37.0. The van der Waals surface area contributed by atoms with Gasteiger partial charge in [-0.05, 0) is 76.3 Å². The number of ether oxygens (including phenoxy) is 2. The number of carbonyl (C=O) groups excluding carboxylic acids is 3. The number of fused-ring (bicyclic) bond motifs is 2. The Morgan fingerprint density at radius 1 is 0.797 bits per heavy atom. The van der Waals surface area contributed by atoms with Gasteiger partial charge < -0.3 is 40.5 Å². The number of hydrazine groups is 1. The van der Waals surface area contributed by atoms with Crippen LogP contribution in [0.2, 0.25) is 0 Å². The molecule has 4 amide bonds. The molecule has 4 aromatic rings. The fourth-order valence-corrected chi connectivity index (χ4v) is 9.71. The van der Waals surface area contributed by atoms with E-state index in [0.717, 1.165) is 36.8 Å². The number of benzene rings is 2. The van der Waals surface area contributed by atoms with Gasteiger partial charge in [-0.1, -0.05) is 24.3 Å². The van der Waals surface area contributed by atoms with Crippen molar-refractivity contribution < 1.29 is 82.8 Å². The molecule has 3 saturated heterocycles. The van der Waals surface area contributed by atoms with E-state index in [1.54, 1.807) is 0 Å². The van der Waals surface area contributed by atoms with Crippen molar-refractivity contribution in [2.24, 2.45) is 10.8 Å². The highest BCUT2D eigenvalue weighted by atomic mass is 19.4. The smallest absolute Gasteiger partial charge is 0.407 e. The first-order valence-electron chi connectivity index (χ1n) is 24.8. The number of amides is 4. The summed E-state index contributed by atoms with van der Waals surface area (Å²) in [5, 5.41) is 31.8. The van der Waals surface area contributed by atoms with Crippen LogP contribution < -0.4 is 26.3 Å². The molecule has 6 N–H and O–H groups in total. The molecular formula is C50H59F10N11O8. The van der Waals surface area contributed by atoms with Crippen molar-refractivity contribution in [1.29, 1.82) is 0 Å².